The average Bonchev–Trinajstić information content (AvgIpc) is 2.96. The van der Waals surface area contributed by atoms with E-state index in [1.54, 1.807) is 0 Å². The molecule has 2 heteroatoms. The lowest BCUT2D eigenvalue weighted by molar-refractivity contribution is 0.450. The fraction of sp³-hybridized carbons (Fsp3) is 0.412. The molecule has 1 nitrogen and oxygen atoms in total. The minimum Gasteiger partial charge on any atom is -0.317 e. The second-order valence-electron chi connectivity index (χ2n) is 4.98. The Balaban J connectivity index is 1.87. The van der Waals surface area contributed by atoms with Crippen LogP contribution in [0, 0.1) is 5.92 Å². The molecule has 0 fully saturated rings. The van der Waals surface area contributed by atoms with E-state index in [1.165, 1.54) is 29.7 Å². The fourth-order valence-corrected chi connectivity index (χ4v) is 3.10. The van der Waals surface area contributed by atoms with Gasteiger partial charge in [0.25, 0.3) is 0 Å². The van der Waals surface area contributed by atoms with Crippen LogP contribution in [0.2, 0.25) is 0 Å². The van der Waals surface area contributed by atoms with E-state index in [1.807, 2.05) is 11.3 Å². The van der Waals surface area contributed by atoms with Crippen LogP contribution >= 0.6 is 11.3 Å². The van der Waals surface area contributed by atoms with Gasteiger partial charge in [0.2, 0.25) is 0 Å². The molecule has 0 saturated carbocycles. The Morgan fingerprint density at radius 2 is 1.95 bits per heavy atom. The van der Waals surface area contributed by atoms with Gasteiger partial charge in [-0.15, -0.1) is 11.3 Å². The lowest BCUT2D eigenvalue weighted by Gasteiger charge is -2.17. The maximum absolute atomic E-state index is 3.50. The van der Waals surface area contributed by atoms with Crippen molar-refractivity contribution in [3.63, 3.8) is 0 Å². The standard InChI is InChI=1S/C17H23NS/c1-2-18-14-16(10-11-17-9-6-12-19-17)13-15-7-4-3-5-8-15/h3-9,12,16,18H,2,10-11,13-14H2,1H3. The minimum absolute atomic E-state index is 0.726. The average molecular weight is 273 g/mol. The number of thiophene rings is 1. The van der Waals surface area contributed by atoms with Crippen molar-refractivity contribution in [1.82, 2.24) is 5.32 Å². The zero-order chi connectivity index (χ0) is 13.3. The van der Waals surface area contributed by atoms with Crippen molar-refractivity contribution in [3.8, 4) is 0 Å². The largest absolute Gasteiger partial charge is 0.317 e. The molecular formula is C17H23NS. The first-order valence-corrected chi connectivity index (χ1v) is 8.03. The predicted molar refractivity (Wildman–Crippen MR) is 84.8 cm³/mol. The monoisotopic (exact) mass is 273 g/mol. The summed E-state index contributed by atoms with van der Waals surface area (Å²) in [6, 6.07) is 15.2. The molecule has 1 N–H and O–H groups in total. The van der Waals surface area contributed by atoms with E-state index in [0.717, 1.165) is 19.0 Å². The Labute approximate surface area is 120 Å². The highest BCUT2D eigenvalue weighted by Gasteiger charge is 2.10. The van der Waals surface area contributed by atoms with Crippen molar-refractivity contribution in [3.05, 3.63) is 58.3 Å². The van der Waals surface area contributed by atoms with Gasteiger partial charge in [-0.1, -0.05) is 43.3 Å². The van der Waals surface area contributed by atoms with Gasteiger partial charge in [-0.2, -0.15) is 0 Å². The number of benzene rings is 1. The highest BCUT2D eigenvalue weighted by molar-refractivity contribution is 7.09. The van der Waals surface area contributed by atoms with Gasteiger partial charge < -0.3 is 5.32 Å². The Hall–Kier alpha value is -1.12. The third-order valence-electron chi connectivity index (χ3n) is 3.43. The Bertz CT molecular complexity index is 436. The zero-order valence-corrected chi connectivity index (χ0v) is 12.5. The van der Waals surface area contributed by atoms with E-state index in [2.05, 4.69) is 60.1 Å². The summed E-state index contributed by atoms with van der Waals surface area (Å²) in [4.78, 5) is 1.51. The van der Waals surface area contributed by atoms with Crippen LogP contribution in [0.3, 0.4) is 0 Å². The van der Waals surface area contributed by atoms with E-state index in [9.17, 15) is 0 Å². The molecule has 1 atom stereocenters. The van der Waals surface area contributed by atoms with Gasteiger partial charge in [0, 0.05) is 4.88 Å². The Morgan fingerprint density at radius 3 is 2.63 bits per heavy atom. The summed E-state index contributed by atoms with van der Waals surface area (Å²) in [7, 11) is 0. The molecule has 0 aliphatic rings. The van der Waals surface area contributed by atoms with Crippen molar-refractivity contribution in [2.45, 2.75) is 26.2 Å². The lowest BCUT2D eigenvalue weighted by atomic mass is 9.94. The molecule has 0 saturated heterocycles. The molecule has 0 aliphatic heterocycles. The topological polar surface area (TPSA) is 12.0 Å². The molecule has 0 aliphatic carbocycles. The van der Waals surface area contributed by atoms with Gasteiger partial charge >= 0.3 is 0 Å². The highest BCUT2D eigenvalue weighted by atomic mass is 32.1. The molecule has 19 heavy (non-hydrogen) atoms. The molecule has 1 aromatic heterocycles. The van der Waals surface area contributed by atoms with Crippen LogP contribution < -0.4 is 5.32 Å². The summed E-state index contributed by atoms with van der Waals surface area (Å²) in [6.45, 7) is 4.36. The van der Waals surface area contributed by atoms with Crippen molar-refractivity contribution in [1.29, 1.82) is 0 Å². The molecule has 1 heterocycles. The molecule has 2 rings (SSSR count). The van der Waals surface area contributed by atoms with Crippen LogP contribution in [0.25, 0.3) is 0 Å². The van der Waals surface area contributed by atoms with Gasteiger partial charge in [-0.05, 0) is 55.3 Å². The molecule has 0 radical (unpaired) electrons. The van der Waals surface area contributed by atoms with Crippen molar-refractivity contribution >= 4 is 11.3 Å². The summed E-state index contributed by atoms with van der Waals surface area (Å²) in [5, 5.41) is 5.67. The molecule has 0 bridgehead atoms. The molecule has 102 valence electrons. The molecule has 1 unspecified atom stereocenters. The first-order valence-electron chi connectivity index (χ1n) is 7.15. The van der Waals surface area contributed by atoms with Gasteiger partial charge in [-0.3, -0.25) is 0 Å². The number of hydrogen-bond acceptors (Lipinski definition) is 2. The third-order valence-corrected chi connectivity index (χ3v) is 4.37. The Kier molecular flexibility index (Phi) is 6.12. The summed E-state index contributed by atoms with van der Waals surface area (Å²) in [6.07, 6.45) is 3.65. The van der Waals surface area contributed by atoms with Crippen LogP contribution in [0.1, 0.15) is 23.8 Å². The first-order chi connectivity index (χ1) is 9.38. The number of aryl methyl sites for hydroxylation is 1. The molecule has 2 aromatic rings. The summed E-state index contributed by atoms with van der Waals surface area (Å²) < 4.78 is 0. The molecule has 0 spiro atoms. The van der Waals surface area contributed by atoms with E-state index in [0.29, 0.717) is 0 Å². The number of hydrogen-bond donors (Lipinski definition) is 1. The van der Waals surface area contributed by atoms with Crippen LogP contribution in [0.5, 0.6) is 0 Å². The predicted octanol–water partition coefficient (Wildman–Crippen LogP) is 4.15. The van der Waals surface area contributed by atoms with Crippen LogP contribution in [0.15, 0.2) is 47.8 Å². The second-order valence-corrected chi connectivity index (χ2v) is 6.01. The second kappa shape index (κ2) is 8.13. The van der Waals surface area contributed by atoms with Crippen LogP contribution in [0.4, 0.5) is 0 Å². The van der Waals surface area contributed by atoms with Crippen LogP contribution in [-0.2, 0) is 12.8 Å². The van der Waals surface area contributed by atoms with Crippen molar-refractivity contribution in [2.75, 3.05) is 13.1 Å². The summed E-state index contributed by atoms with van der Waals surface area (Å²) in [5.41, 5.74) is 1.46. The summed E-state index contributed by atoms with van der Waals surface area (Å²) in [5.74, 6) is 0.726. The normalized spacial score (nSPS) is 12.5. The fourth-order valence-electron chi connectivity index (χ4n) is 2.37. The van der Waals surface area contributed by atoms with Crippen LogP contribution in [-0.4, -0.2) is 13.1 Å². The van der Waals surface area contributed by atoms with Gasteiger partial charge in [0.15, 0.2) is 0 Å². The smallest absolute Gasteiger partial charge is 0.00453 e. The number of nitrogens with one attached hydrogen (secondary N) is 1. The third kappa shape index (κ3) is 5.17. The van der Waals surface area contributed by atoms with Gasteiger partial charge in [0.05, 0.1) is 0 Å². The van der Waals surface area contributed by atoms with E-state index in [4.69, 9.17) is 0 Å². The minimum atomic E-state index is 0.726. The first kappa shape index (κ1) is 14.3. The maximum Gasteiger partial charge on any atom is 0.00453 e. The van der Waals surface area contributed by atoms with Crippen molar-refractivity contribution in [2.24, 2.45) is 5.92 Å². The maximum atomic E-state index is 3.50. The lowest BCUT2D eigenvalue weighted by Crippen LogP contribution is -2.24. The molecule has 1 aromatic carbocycles. The zero-order valence-electron chi connectivity index (χ0n) is 11.6. The molecular weight excluding hydrogens is 250 g/mol. The Morgan fingerprint density at radius 1 is 1.11 bits per heavy atom. The quantitative estimate of drug-likeness (QED) is 0.762. The van der Waals surface area contributed by atoms with Gasteiger partial charge in [-0.25, -0.2) is 0 Å². The summed E-state index contributed by atoms with van der Waals surface area (Å²) >= 11 is 1.87. The van der Waals surface area contributed by atoms with E-state index >= 15 is 0 Å². The van der Waals surface area contributed by atoms with E-state index in [-0.39, 0.29) is 0 Å². The number of rotatable bonds is 8. The van der Waals surface area contributed by atoms with Crippen molar-refractivity contribution < 1.29 is 0 Å². The highest BCUT2D eigenvalue weighted by Crippen LogP contribution is 2.17. The van der Waals surface area contributed by atoms with E-state index < -0.39 is 0 Å². The SMILES string of the molecule is CCNCC(CCc1cccs1)Cc1ccccc1. The van der Waals surface area contributed by atoms with Gasteiger partial charge in [0.1, 0.15) is 0 Å². The molecule has 0 amide bonds.